The van der Waals surface area contributed by atoms with Crippen LogP contribution < -0.4 is 0 Å². The van der Waals surface area contributed by atoms with Crippen LogP contribution in [-0.4, -0.2) is 15.0 Å². The van der Waals surface area contributed by atoms with Crippen molar-refractivity contribution < 1.29 is 0 Å². The summed E-state index contributed by atoms with van der Waals surface area (Å²) in [5.41, 5.74) is 0. The molecule has 0 N–H and O–H groups in total. The van der Waals surface area contributed by atoms with Gasteiger partial charge in [0.25, 0.3) is 0 Å². The van der Waals surface area contributed by atoms with Crippen LogP contribution >= 0.6 is 11.8 Å². The summed E-state index contributed by atoms with van der Waals surface area (Å²) in [4.78, 5) is 0. The Labute approximate surface area is 52.1 Å². The minimum Gasteiger partial charge on any atom is -0.242 e. The molecule has 0 aliphatic rings. The molecule has 1 rings (SSSR count). The fourth-order valence-electron chi connectivity index (χ4n) is 0.411. The summed E-state index contributed by atoms with van der Waals surface area (Å²) < 4.78 is 1.68. The Hall–Kier alpha value is -0.510. The van der Waals surface area contributed by atoms with Crippen molar-refractivity contribution in [1.82, 2.24) is 15.0 Å². The second kappa shape index (κ2) is 2.17. The summed E-state index contributed by atoms with van der Waals surface area (Å²) in [7, 11) is 1.83. The summed E-state index contributed by atoms with van der Waals surface area (Å²) >= 11 is 1.39. The lowest BCUT2D eigenvalue weighted by Crippen LogP contribution is -1.90. The van der Waals surface area contributed by atoms with Crippen LogP contribution in [0, 0.1) is 6.26 Å². The summed E-state index contributed by atoms with van der Waals surface area (Å²) in [5, 5.41) is 8.31. The van der Waals surface area contributed by atoms with Crippen molar-refractivity contribution >= 4 is 11.8 Å². The van der Waals surface area contributed by atoms with Gasteiger partial charge in [-0.3, -0.25) is 0 Å². The molecule has 0 aliphatic heterocycles. The second-order valence-electron chi connectivity index (χ2n) is 1.34. The highest BCUT2D eigenvalue weighted by atomic mass is 32.2. The van der Waals surface area contributed by atoms with Crippen molar-refractivity contribution in [3.63, 3.8) is 0 Å². The first-order chi connectivity index (χ1) is 3.84. The molecule has 1 aromatic heterocycles. The van der Waals surface area contributed by atoms with Crippen LogP contribution in [0.5, 0.6) is 0 Å². The quantitative estimate of drug-likeness (QED) is 0.521. The van der Waals surface area contributed by atoms with E-state index in [2.05, 4.69) is 16.6 Å². The first kappa shape index (κ1) is 5.62. The number of hydrogen-bond donors (Lipinski definition) is 0. The molecule has 0 bridgehead atoms. The molecule has 0 atom stereocenters. The fourth-order valence-corrected chi connectivity index (χ4v) is 0.756. The molecule has 0 saturated heterocycles. The number of aryl methyl sites for hydroxylation is 1. The zero-order chi connectivity index (χ0) is 5.98. The molecule has 1 aromatic rings. The predicted octanol–water partition coefficient (Wildman–Crippen LogP) is 0.699. The van der Waals surface area contributed by atoms with Gasteiger partial charge in [0.1, 0.15) is 5.03 Å². The number of hydrogen-bond acceptors (Lipinski definition) is 3. The average molecular weight is 128 g/mol. The molecule has 3 nitrogen and oxygen atoms in total. The number of thioether (sulfide) groups is 1. The van der Waals surface area contributed by atoms with Crippen LogP contribution in [0.15, 0.2) is 11.2 Å². The third kappa shape index (κ3) is 0.838. The van der Waals surface area contributed by atoms with Crippen LogP contribution in [0.3, 0.4) is 0 Å². The van der Waals surface area contributed by atoms with E-state index in [-0.39, 0.29) is 0 Å². The van der Waals surface area contributed by atoms with E-state index in [0.29, 0.717) is 0 Å². The Balaban J connectivity index is 2.92. The minimum absolute atomic E-state index is 0.977. The van der Waals surface area contributed by atoms with Crippen LogP contribution in [0.2, 0.25) is 0 Å². The lowest BCUT2D eigenvalue weighted by molar-refractivity contribution is 0.666. The van der Waals surface area contributed by atoms with Crippen LogP contribution in [-0.2, 0) is 7.05 Å². The summed E-state index contributed by atoms with van der Waals surface area (Å²) in [6, 6.07) is 0. The number of nitrogens with zero attached hydrogens (tertiary/aromatic N) is 3. The Bertz CT molecular complexity index is 172. The molecule has 43 valence electrons. The minimum atomic E-state index is 0.977. The maximum Gasteiger partial charge on any atom is 0.114 e. The van der Waals surface area contributed by atoms with Gasteiger partial charge in [-0.2, -0.15) is 0 Å². The maximum absolute atomic E-state index is 3.69. The van der Waals surface area contributed by atoms with Gasteiger partial charge in [-0.15, -0.1) is 16.9 Å². The van der Waals surface area contributed by atoms with E-state index in [1.807, 2.05) is 7.05 Å². The SMILES string of the molecule is [CH2]Sc1cnnn1C. The lowest BCUT2D eigenvalue weighted by atomic mass is 10.9. The van der Waals surface area contributed by atoms with Gasteiger partial charge in [-0.05, 0) is 0 Å². The van der Waals surface area contributed by atoms with E-state index in [1.165, 1.54) is 11.8 Å². The van der Waals surface area contributed by atoms with Crippen molar-refractivity contribution in [2.45, 2.75) is 5.03 Å². The van der Waals surface area contributed by atoms with E-state index in [4.69, 9.17) is 0 Å². The van der Waals surface area contributed by atoms with Gasteiger partial charge in [0.15, 0.2) is 0 Å². The Kier molecular flexibility index (Phi) is 1.53. The van der Waals surface area contributed by atoms with Crippen LogP contribution in [0.4, 0.5) is 0 Å². The van der Waals surface area contributed by atoms with Crippen molar-refractivity contribution in [3.8, 4) is 0 Å². The largest absolute Gasteiger partial charge is 0.242 e. The van der Waals surface area contributed by atoms with Crippen molar-refractivity contribution in [2.24, 2.45) is 7.05 Å². The zero-order valence-corrected chi connectivity index (χ0v) is 5.35. The fraction of sp³-hybridized carbons (Fsp3) is 0.250. The van der Waals surface area contributed by atoms with Gasteiger partial charge >= 0.3 is 0 Å². The van der Waals surface area contributed by atoms with Crippen molar-refractivity contribution in [3.05, 3.63) is 12.5 Å². The van der Waals surface area contributed by atoms with Crippen LogP contribution in [0.25, 0.3) is 0 Å². The zero-order valence-electron chi connectivity index (χ0n) is 4.53. The summed E-state index contributed by atoms with van der Waals surface area (Å²) in [6.07, 6.45) is 5.28. The van der Waals surface area contributed by atoms with E-state index in [0.717, 1.165) is 5.03 Å². The molecule has 1 radical (unpaired) electrons. The van der Waals surface area contributed by atoms with Crippen LogP contribution in [0.1, 0.15) is 0 Å². The molecule has 0 saturated carbocycles. The highest BCUT2D eigenvalue weighted by Gasteiger charge is 1.92. The van der Waals surface area contributed by atoms with Gasteiger partial charge in [0, 0.05) is 13.3 Å². The molecule has 0 fully saturated rings. The smallest absolute Gasteiger partial charge is 0.114 e. The maximum atomic E-state index is 3.69. The molecular formula is C4H6N3S. The second-order valence-corrected chi connectivity index (χ2v) is 2.05. The third-order valence-corrected chi connectivity index (χ3v) is 1.49. The first-order valence-electron chi connectivity index (χ1n) is 2.11. The molecule has 1 heterocycles. The van der Waals surface area contributed by atoms with Gasteiger partial charge < -0.3 is 0 Å². The topological polar surface area (TPSA) is 30.7 Å². The Morgan fingerprint density at radius 3 is 2.88 bits per heavy atom. The van der Waals surface area contributed by atoms with Gasteiger partial charge in [0.05, 0.1) is 6.20 Å². The van der Waals surface area contributed by atoms with E-state index in [1.54, 1.807) is 10.9 Å². The monoisotopic (exact) mass is 128 g/mol. The highest BCUT2D eigenvalue weighted by molar-refractivity contribution is 8.00. The molecular weight excluding hydrogens is 122 g/mol. The normalized spacial score (nSPS) is 9.75. The lowest BCUT2D eigenvalue weighted by Gasteiger charge is -1.89. The molecule has 0 aromatic carbocycles. The molecule has 0 aliphatic carbocycles. The number of rotatable bonds is 1. The molecule has 0 unspecified atom stereocenters. The molecule has 4 heteroatoms. The van der Waals surface area contributed by atoms with Crippen molar-refractivity contribution in [2.75, 3.05) is 0 Å². The summed E-state index contributed by atoms with van der Waals surface area (Å²) in [5.74, 6) is 0. The van der Waals surface area contributed by atoms with E-state index in [9.17, 15) is 0 Å². The molecule has 0 amide bonds. The highest BCUT2D eigenvalue weighted by Crippen LogP contribution is 2.10. The van der Waals surface area contributed by atoms with Crippen molar-refractivity contribution in [1.29, 1.82) is 0 Å². The van der Waals surface area contributed by atoms with Gasteiger partial charge in [-0.25, -0.2) is 4.68 Å². The predicted molar refractivity (Wildman–Crippen MR) is 32.2 cm³/mol. The standard InChI is InChI=1S/C4H6N3S/c1-7-4(8-2)3-5-6-7/h3H,2H2,1H3. The average Bonchev–Trinajstić information content (AvgIpc) is 2.14. The van der Waals surface area contributed by atoms with Gasteiger partial charge in [0.2, 0.25) is 0 Å². The Morgan fingerprint density at radius 2 is 2.62 bits per heavy atom. The van der Waals surface area contributed by atoms with E-state index >= 15 is 0 Å². The van der Waals surface area contributed by atoms with E-state index < -0.39 is 0 Å². The molecule has 0 spiro atoms. The first-order valence-corrected chi connectivity index (χ1v) is 3.10. The summed E-state index contributed by atoms with van der Waals surface area (Å²) in [6.45, 7) is 0. The number of aromatic nitrogens is 3. The van der Waals surface area contributed by atoms with Gasteiger partial charge in [-0.1, -0.05) is 5.21 Å². The Morgan fingerprint density at radius 1 is 1.88 bits per heavy atom. The third-order valence-electron chi connectivity index (χ3n) is 0.821. The molecule has 8 heavy (non-hydrogen) atoms.